The number of aromatic nitrogens is 3. The van der Waals surface area contributed by atoms with Gasteiger partial charge in [0.05, 0.1) is 29.4 Å². The molecule has 2 atom stereocenters. The number of nitriles is 1. The first-order chi connectivity index (χ1) is 13.7. The van der Waals surface area contributed by atoms with Gasteiger partial charge in [-0.25, -0.2) is 4.98 Å². The van der Waals surface area contributed by atoms with Crippen molar-refractivity contribution in [2.45, 2.75) is 25.8 Å². The van der Waals surface area contributed by atoms with Crippen LogP contribution in [0.25, 0.3) is 22.4 Å². The Morgan fingerprint density at radius 1 is 1.25 bits per heavy atom. The summed E-state index contributed by atoms with van der Waals surface area (Å²) in [4.78, 5) is 3.99. The topological polar surface area (TPSA) is 90.5 Å². The largest absolute Gasteiger partial charge is 0.442 e. The van der Waals surface area contributed by atoms with Crippen molar-refractivity contribution in [1.82, 2.24) is 15.2 Å². The normalized spacial score (nSPS) is 18.6. The third-order valence-electron chi connectivity index (χ3n) is 5.60. The lowest BCUT2D eigenvalue weighted by Crippen LogP contribution is -2.25. The quantitative estimate of drug-likeness (QED) is 0.540. The van der Waals surface area contributed by atoms with Gasteiger partial charge < -0.3 is 9.73 Å². The number of aryl methyl sites for hydroxylation is 1. The first-order valence-corrected chi connectivity index (χ1v) is 9.39. The number of nitrogens with zero attached hydrogens (tertiary/aromatic N) is 3. The van der Waals surface area contributed by atoms with Gasteiger partial charge in [-0.2, -0.15) is 10.4 Å². The number of aromatic amines is 1. The molecule has 0 spiro atoms. The van der Waals surface area contributed by atoms with Crippen molar-refractivity contribution in [3.8, 4) is 17.5 Å². The number of hydrogen-bond acceptors (Lipinski definition) is 5. The highest BCUT2D eigenvalue weighted by Crippen LogP contribution is 2.38. The van der Waals surface area contributed by atoms with Crippen molar-refractivity contribution in [2.75, 3.05) is 5.32 Å². The molecule has 0 bridgehead atoms. The summed E-state index contributed by atoms with van der Waals surface area (Å²) in [6.45, 7) is 2.27. The monoisotopic (exact) mass is 369 g/mol. The maximum atomic E-state index is 9.19. The minimum Gasteiger partial charge on any atom is -0.442 e. The second kappa shape index (κ2) is 6.54. The number of fused-ring (bicyclic) bond motifs is 2. The van der Waals surface area contributed by atoms with Crippen LogP contribution in [0.5, 0.6) is 0 Å². The van der Waals surface area contributed by atoms with Crippen LogP contribution in [0, 0.1) is 17.2 Å². The highest BCUT2D eigenvalue weighted by Gasteiger charge is 2.27. The van der Waals surface area contributed by atoms with Crippen LogP contribution < -0.4 is 5.32 Å². The predicted octanol–water partition coefficient (Wildman–Crippen LogP) is 4.83. The lowest BCUT2D eigenvalue weighted by molar-refractivity contribution is 0.434. The zero-order valence-electron chi connectivity index (χ0n) is 15.4. The van der Waals surface area contributed by atoms with Crippen molar-refractivity contribution in [1.29, 1.82) is 5.26 Å². The summed E-state index contributed by atoms with van der Waals surface area (Å²) in [5, 5.41) is 21.3. The summed E-state index contributed by atoms with van der Waals surface area (Å²) in [6.07, 6.45) is 5.19. The average molecular weight is 369 g/mol. The summed E-state index contributed by atoms with van der Waals surface area (Å²) in [7, 11) is 0. The second-order valence-electron chi connectivity index (χ2n) is 7.36. The third kappa shape index (κ3) is 2.72. The van der Waals surface area contributed by atoms with Crippen LogP contribution in [0.4, 0.5) is 5.69 Å². The molecule has 6 heteroatoms. The molecule has 138 valence electrons. The Morgan fingerprint density at radius 3 is 3.00 bits per heavy atom. The van der Waals surface area contributed by atoms with E-state index in [1.807, 2.05) is 18.2 Å². The average Bonchev–Trinajstić information content (AvgIpc) is 3.39. The van der Waals surface area contributed by atoms with Gasteiger partial charge in [-0.05, 0) is 60.2 Å². The second-order valence-corrected chi connectivity index (χ2v) is 7.36. The van der Waals surface area contributed by atoms with Crippen molar-refractivity contribution < 1.29 is 4.42 Å². The number of rotatable bonds is 3. The summed E-state index contributed by atoms with van der Waals surface area (Å²) in [5.74, 6) is 1.14. The fraction of sp³-hybridized carbons (Fsp3) is 0.227. The lowest BCUT2D eigenvalue weighted by Gasteiger charge is -2.33. The van der Waals surface area contributed by atoms with E-state index < -0.39 is 0 Å². The van der Waals surface area contributed by atoms with Crippen LogP contribution in [0.1, 0.15) is 36.1 Å². The Bertz CT molecular complexity index is 1190. The van der Waals surface area contributed by atoms with E-state index in [9.17, 15) is 5.26 Å². The highest BCUT2D eigenvalue weighted by atomic mass is 16.3. The van der Waals surface area contributed by atoms with Gasteiger partial charge in [0.2, 0.25) is 0 Å². The Labute approximate surface area is 162 Å². The molecule has 0 saturated heterocycles. The van der Waals surface area contributed by atoms with Gasteiger partial charge in [0.25, 0.3) is 0 Å². The molecule has 6 nitrogen and oxygen atoms in total. The van der Waals surface area contributed by atoms with Crippen LogP contribution >= 0.6 is 0 Å². The summed E-state index contributed by atoms with van der Waals surface area (Å²) < 4.78 is 5.42. The molecule has 0 saturated carbocycles. The van der Waals surface area contributed by atoms with Crippen LogP contribution in [0.2, 0.25) is 0 Å². The minimum atomic E-state index is 0.203. The third-order valence-corrected chi connectivity index (χ3v) is 5.60. The number of nitrogens with one attached hydrogen (secondary N) is 2. The number of hydrogen-bond donors (Lipinski definition) is 2. The molecular formula is C22H19N5O. The molecule has 5 rings (SSSR count). The maximum Gasteiger partial charge on any atom is 0.181 e. The molecule has 0 fully saturated rings. The summed E-state index contributed by atoms with van der Waals surface area (Å²) in [5.41, 5.74) is 6.01. The molecule has 1 aliphatic carbocycles. The number of anilines is 1. The Kier molecular flexibility index (Phi) is 3.87. The molecular weight excluding hydrogens is 350 g/mol. The van der Waals surface area contributed by atoms with E-state index in [2.05, 4.69) is 51.7 Å². The number of H-pyrrole nitrogens is 1. The van der Waals surface area contributed by atoms with Gasteiger partial charge in [0, 0.05) is 11.1 Å². The minimum absolute atomic E-state index is 0.203. The van der Waals surface area contributed by atoms with Crippen LogP contribution in [-0.4, -0.2) is 15.2 Å². The molecule has 0 radical (unpaired) electrons. The fourth-order valence-electron chi connectivity index (χ4n) is 4.08. The van der Waals surface area contributed by atoms with E-state index in [0.717, 1.165) is 40.7 Å². The Balaban J connectivity index is 1.52. The smallest absolute Gasteiger partial charge is 0.181 e. The first kappa shape index (κ1) is 16.6. The molecule has 1 aliphatic rings. The van der Waals surface area contributed by atoms with Crippen LogP contribution in [0.15, 0.2) is 53.4 Å². The van der Waals surface area contributed by atoms with E-state index in [-0.39, 0.29) is 6.04 Å². The van der Waals surface area contributed by atoms with Gasteiger partial charge in [-0.15, -0.1) is 0 Å². The lowest BCUT2D eigenvalue weighted by atomic mass is 9.80. The van der Waals surface area contributed by atoms with Crippen molar-refractivity contribution in [3.63, 3.8) is 0 Å². The molecule has 28 heavy (non-hydrogen) atoms. The molecule has 0 amide bonds. The number of oxazole rings is 1. The van der Waals surface area contributed by atoms with Gasteiger partial charge in [-0.1, -0.05) is 13.0 Å². The summed E-state index contributed by atoms with van der Waals surface area (Å²) >= 11 is 0. The highest BCUT2D eigenvalue weighted by molar-refractivity contribution is 5.93. The molecule has 2 N–H and O–H groups in total. The van der Waals surface area contributed by atoms with E-state index >= 15 is 0 Å². The zero-order valence-corrected chi connectivity index (χ0v) is 15.4. The van der Waals surface area contributed by atoms with E-state index in [1.54, 1.807) is 6.20 Å². The van der Waals surface area contributed by atoms with E-state index in [0.29, 0.717) is 11.7 Å². The van der Waals surface area contributed by atoms with Crippen LogP contribution in [0.3, 0.4) is 0 Å². The zero-order chi connectivity index (χ0) is 19.1. The van der Waals surface area contributed by atoms with E-state index in [4.69, 9.17) is 4.42 Å². The Morgan fingerprint density at radius 2 is 2.18 bits per heavy atom. The Hall–Kier alpha value is -3.59. The molecule has 0 unspecified atom stereocenters. The van der Waals surface area contributed by atoms with Crippen molar-refractivity contribution >= 4 is 16.6 Å². The van der Waals surface area contributed by atoms with Gasteiger partial charge >= 0.3 is 0 Å². The van der Waals surface area contributed by atoms with Gasteiger partial charge in [0.15, 0.2) is 12.2 Å². The maximum absolute atomic E-state index is 9.19. The predicted molar refractivity (Wildman–Crippen MR) is 107 cm³/mol. The summed E-state index contributed by atoms with van der Waals surface area (Å²) in [6, 6.07) is 14.7. The molecule has 2 aromatic heterocycles. The molecule has 2 heterocycles. The SMILES string of the molecule is C[C@@H]1CCc2cc(C#N)ccc2[C@H]1Nc1ccc2[nH]nc(-c3cnco3)c2c1. The number of benzene rings is 2. The van der Waals surface area contributed by atoms with Crippen molar-refractivity contribution in [2.24, 2.45) is 5.92 Å². The molecule has 4 aromatic rings. The first-order valence-electron chi connectivity index (χ1n) is 9.39. The van der Waals surface area contributed by atoms with E-state index in [1.165, 1.54) is 17.5 Å². The fourth-order valence-corrected chi connectivity index (χ4v) is 4.08. The molecule has 0 aliphatic heterocycles. The van der Waals surface area contributed by atoms with Gasteiger partial charge in [-0.3, -0.25) is 5.10 Å². The van der Waals surface area contributed by atoms with Crippen LogP contribution in [-0.2, 0) is 6.42 Å². The molecule has 2 aromatic carbocycles. The standard InChI is InChI=1S/C22H19N5O/c1-13-2-4-15-8-14(10-23)3-6-17(15)21(13)25-16-5-7-19-18(9-16)22(27-26-19)20-11-24-12-28-20/h3,5-9,11-13,21,25H,2,4H2,1H3,(H,26,27)/t13-,21+/m1/s1. The van der Waals surface area contributed by atoms with Crippen molar-refractivity contribution in [3.05, 3.63) is 65.7 Å². The van der Waals surface area contributed by atoms with Gasteiger partial charge in [0.1, 0.15) is 5.69 Å².